The third kappa shape index (κ3) is 14.1. The summed E-state index contributed by atoms with van der Waals surface area (Å²) in [4.78, 5) is 0. The van der Waals surface area contributed by atoms with Gasteiger partial charge < -0.3 is 11.1 Å². The summed E-state index contributed by atoms with van der Waals surface area (Å²) in [5, 5.41) is 3.60. The van der Waals surface area contributed by atoms with Gasteiger partial charge in [0.15, 0.2) is 0 Å². The number of hydrogen-bond acceptors (Lipinski definition) is 2. The lowest BCUT2D eigenvalue weighted by atomic mass is 10.0. The van der Waals surface area contributed by atoms with Gasteiger partial charge in [-0.1, -0.05) is 71.6 Å². The van der Waals surface area contributed by atoms with Crippen LogP contribution in [0.1, 0.15) is 84.5 Å². The smallest absolute Gasteiger partial charge is 0.00207 e. The highest BCUT2D eigenvalue weighted by Gasteiger charge is 2.01. The Labute approximate surface area is 121 Å². The molecule has 0 fully saturated rings. The van der Waals surface area contributed by atoms with Crippen LogP contribution < -0.4 is 11.1 Å². The molecule has 0 radical (unpaired) electrons. The van der Waals surface area contributed by atoms with Gasteiger partial charge in [0.1, 0.15) is 0 Å². The maximum Gasteiger partial charge on any atom is -0.00207 e. The molecule has 0 aliphatic carbocycles. The van der Waals surface area contributed by atoms with E-state index >= 15 is 0 Å². The van der Waals surface area contributed by atoms with E-state index < -0.39 is 0 Å². The van der Waals surface area contributed by atoms with Crippen molar-refractivity contribution < 1.29 is 0 Å². The van der Waals surface area contributed by atoms with E-state index in [1.54, 1.807) is 0 Å². The second-order valence-corrected chi connectivity index (χ2v) is 5.86. The van der Waals surface area contributed by atoms with Crippen molar-refractivity contribution in [3.63, 3.8) is 0 Å². The lowest BCUT2D eigenvalue weighted by molar-refractivity contribution is 0.443. The summed E-state index contributed by atoms with van der Waals surface area (Å²) in [6.45, 7) is 7.89. The van der Waals surface area contributed by atoms with Crippen molar-refractivity contribution in [2.45, 2.75) is 84.5 Å². The van der Waals surface area contributed by atoms with Crippen molar-refractivity contribution in [3.8, 4) is 0 Å². The van der Waals surface area contributed by atoms with Crippen LogP contribution in [-0.4, -0.2) is 19.6 Å². The molecule has 0 atom stereocenters. The first kappa shape index (κ1) is 18.9. The molecule has 0 unspecified atom stereocenters. The maximum absolute atomic E-state index is 5.48. The molecule has 19 heavy (non-hydrogen) atoms. The van der Waals surface area contributed by atoms with E-state index in [4.69, 9.17) is 5.73 Å². The number of hydrogen-bond donors (Lipinski definition) is 2. The molecule has 0 heterocycles. The minimum atomic E-state index is 0.865. The zero-order valence-electron chi connectivity index (χ0n) is 13.6. The average Bonchev–Trinajstić information content (AvgIpc) is 2.44. The predicted molar refractivity (Wildman–Crippen MR) is 87.5 cm³/mol. The molecule has 0 amide bonds. The van der Waals surface area contributed by atoms with Crippen LogP contribution in [0.15, 0.2) is 0 Å². The summed E-state index contributed by atoms with van der Waals surface area (Å²) in [5.41, 5.74) is 5.48. The van der Waals surface area contributed by atoms with Crippen LogP contribution in [0.3, 0.4) is 0 Å². The Hall–Kier alpha value is -0.0800. The Morgan fingerprint density at radius 1 is 0.737 bits per heavy atom. The second kappa shape index (κ2) is 16.0. The molecule has 0 aliphatic heterocycles. The van der Waals surface area contributed by atoms with Crippen LogP contribution >= 0.6 is 0 Å². The van der Waals surface area contributed by atoms with Gasteiger partial charge in [-0.05, 0) is 38.4 Å². The first-order valence-corrected chi connectivity index (χ1v) is 8.75. The predicted octanol–water partition coefficient (Wildman–Crippen LogP) is 4.48. The molecule has 0 rings (SSSR count). The third-order valence-electron chi connectivity index (χ3n) is 4.15. The summed E-state index contributed by atoms with van der Waals surface area (Å²) >= 11 is 0. The van der Waals surface area contributed by atoms with Gasteiger partial charge in [0.05, 0.1) is 0 Å². The molecule has 0 aromatic rings. The van der Waals surface area contributed by atoms with Gasteiger partial charge in [-0.2, -0.15) is 0 Å². The fourth-order valence-corrected chi connectivity index (χ4v) is 2.52. The van der Waals surface area contributed by atoms with Crippen molar-refractivity contribution >= 4 is 0 Å². The van der Waals surface area contributed by atoms with Gasteiger partial charge in [-0.15, -0.1) is 0 Å². The second-order valence-electron chi connectivity index (χ2n) is 5.86. The standard InChI is InChI=1S/C17H38N2/c1-3-17(4-2)16-19-15-13-11-9-7-5-6-8-10-12-14-18/h17,19H,3-16,18H2,1-2H3. The van der Waals surface area contributed by atoms with E-state index in [1.165, 1.54) is 83.7 Å². The lowest BCUT2D eigenvalue weighted by Crippen LogP contribution is -2.23. The van der Waals surface area contributed by atoms with Gasteiger partial charge >= 0.3 is 0 Å². The number of rotatable bonds is 15. The van der Waals surface area contributed by atoms with Crippen LogP contribution in [0, 0.1) is 5.92 Å². The molecule has 0 bridgehead atoms. The normalized spacial score (nSPS) is 11.4. The van der Waals surface area contributed by atoms with E-state index in [0.717, 1.165) is 12.5 Å². The quantitative estimate of drug-likeness (QED) is 0.431. The van der Waals surface area contributed by atoms with Crippen molar-refractivity contribution in [2.24, 2.45) is 11.7 Å². The molecule has 0 saturated carbocycles. The highest BCUT2D eigenvalue weighted by atomic mass is 14.8. The first-order chi connectivity index (χ1) is 9.35. The summed E-state index contributed by atoms with van der Waals surface area (Å²) in [6, 6.07) is 0. The zero-order chi connectivity index (χ0) is 14.2. The van der Waals surface area contributed by atoms with Crippen LogP contribution in [-0.2, 0) is 0 Å². The van der Waals surface area contributed by atoms with E-state index in [1.807, 2.05) is 0 Å². The van der Waals surface area contributed by atoms with Crippen molar-refractivity contribution in [2.75, 3.05) is 19.6 Å². The molecule has 3 N–H and O–H groups in total. The Kier molecular flexibility index (Phi) is 15.9. The van der Waals surface area contributed by atoms with Crippen LogP contribution in [0.25, 0.3) is 0 Å². The summed E-state index contributed by atoms with van der Waals surface area (Å²) in [5.74, 6) is 0.883. The van der Waals surface area contributed by atoms with E-state index in [0.29, 0.717) is 0 Å². The first-order valence-electron chi connectivity index (χ1n) is 8.75. The van der Waals surface area contributed by atoms with Crippen molar-refractivity contribution in [1.29, 1.82) is 0 Å². The molecule has 2 heteroatoms. The van der Waals surface area contributed by atoms with Crippen molar-refractivity contribution in [3.05, 3.63) is 0 Å². The SMILES string of the molecule is CCC(CC)CNCCCCCCCCCCCN. The Morgan fingerprint density at radius 2 is 1.21 bits per heavy atom. The highest BCUT2D eigenvalue weighted by Crippen LogP contribution is 2.09. The Bertz CT molecular complexity index is 155. The topological polar surface area (TPSA) is 38.0 Å². The van der Waals surface area contributed by atoms with E-state index in [9.17, 15) is 0 Å². The van der Waals surface area contributed by atoms with Gasteiger partial charge in [-0.25, -0.2) is 0 Å². The molecular formula is C17H38N2. The van der Waals surface area contributed by atoms with Gasteiger partial charge in [0, 0.05) is 0 Å². The van der Waals surface area contributed by atoms with Gasteiger partial charge in [-0.3, -0.25) is 0 Å². The molecule has 0 saturated heterocycles. The highest BCUT2D eigenvalue weighted by molar-refractivity contribution is 4.58. The Morgan fingerprint density at radius 3 is 1.68 bits per heavy atom. The zero-order valence-corrected chi connectivity index (χ0v) is 13.6. The molecule has 0 aromatic heterocycles. The van der Waals surface area contributed by atoms with Gasteiger partial charge in [0.25, 0.3) is 0 Å². The fraction of sp³-hybridized carbons (Fsp3) is 1.00. The number of nitrogens with one attached hydrogen (secondary N) is 1. The average molecular weight is 271 g/mol. The van der Waals surface area contributed by atoms with Crippen LogP contribution in [0.2, 0.25) is 0 Å². The summed E-state index contributed by atoms with van der Waals surface area (Å²) in [6.07, 6.45) is 15.0. The largest absolute Gasteiger partial charge is 0.330 e. The van der Waals surface area contributed by atoms with Crippen molar-refractivity contribution in [1.82, 2.24) is 5.32 Å². The maximum atomic E-state index is 5.48. The van der Waals surface area contributed by atoms with E-state index in [2.05, 4.69) is 19.2 Å². The van der Waals surface area contributed by atoms with Crippen LogP contribution in [0.4, 0.5) is 0 Å². The molecule has 0 aromatic carbocycles. The van der Waals surface area contributed by atoms with Gasteiger partial charge in [0.2, 0.25) is 0 Å². The number of unbranched alkanes of at least 4 members (excludes halogenated alkanes) is 8. The monoisotopic (exact) mass is 270 g/mol. The van der Waals surface area contributed by atoms with Crippen LogP contribution in [0.5, 0.6) is 0 Å². The summed E-state index contributed by atoms with van der Waals surface area (Å²) < 4.78 is 0. The lowest BCUT2D eigenvalue weighted by Gasteiger charge is -2.12. The molecular weight excluding hydrogens is 232 g/mol. The minimum absolute atomic E-state index is 0.865. The fourth-order valence-electron chi connectivity index (χ4n) is 2.52. The molecule has 0 spiro atoms. The third-order valence-corrected chi connectivity index (χ3v) is 4.15. The Balaban J connectivity index is 3.02. The van der Waals surface area contributed by atoms with E-state index in [-0.39, 0.29) is 0 Å². The minimum Gasteiger partial charge on any atom is -0.330 e. The molecule has 116 valence electrons. The molecule has 2 nitrogen and oxygen atoms in total. The summed E-state index contributed by atoms with van der Waals surface area (Å²) in [7, 11) is 0. The molecule has 0 aliphatic rings. The number of nitrogens with two attached hydrogens (primary N) is 1.